The highest BCUT2D eigenvalue weighted by Crippen LogP contribution is 2.20. The van der Waals surface area contributed by atoms with Gasteiger partial charge in [-0.05, 0) is 63.2 Å². The highest BCUT2D eigenvalue weighted by Gasteiger charge is 2.41. The zero-order valence-corrected chi connectivity index (χ0v) is 19.7. The number of benzene rings is 2. The van der Waals surface area contributed by atoms with Crippen molar-refractivity contribution >= 4 is 70.8 Å². The molecule has 0 spiro atoms. The molecule has 4 nitrogen and oxygen atoms in total. The molecular weight excluding hydrogens is 489 g/mol. The molecule has 0 aliphatic rings. The number of nitrogens with one attached hydrogen (secondary N) is 1. The Kier molecular flexibility index (Phi) is 10.6. The van der Waals surface area contributed by atoms with Gasteiger partial charge in [-0.25, -0.2) is 4.79 Å². The summed E-state index contributed by atoms with van der Waals surface area (Å²) in [4.78, 5) is 25.8. The van der Waals surface area contributed by atoms with E-state index in [1.165, 1.54) is 18.2 Å². The molecule has 10 heteroatoms. The monoisotopic (exact) mass is 504 g/mol. The molecule has 0 saturated heterocycles. The van der Waals surface area contributed by atoms with Gasteiger partial charge in [-0.3, -0.25) is 4.79 Å². The van der Waals surface area contributed by atoms with E-state index in [0.717, 1.165) is 4.53 Å². The Balaban J connectivity index is 0.00000364. The van der Waals surface area contributed by atoms with E-state index in [-0.39, 0.29) is 41.3 Å². The number of halogens is 6. The lowest BCUT2D eigenvalue weighted by Gasteiger charge is -2.33. The molecular formula is C18H18Cl6N2O2. The Bertz CT molecular complexity index is 817. The first-order valence-corrected chi connectivity index (χ1v) is 9.12. The highest BCUT2D eigenvalue weighted by atomic mass is 35.5. The molecule has 0 bridgehead atoms. The summed E-state index contributed by atoms with van der Waals surface area (Å²) in [6.45, 7) is 5.39. The van der Waals surface area contributed by atoms with Crippen molar-refractivity contribution in [3.63, 3.8) is 0 Å². The van der Waals surface area contributed by atoms with Crippen LogP contribution in [-0.4, -0.2) is 21.9 Å². The van der Waals surface area contributed by atoms with E-state index in [1.807, 2.05) is 0 Å². The lowest BCUT2D eigenvalue weighted by molar-refractivity contribution is -0.951. The molecule has 2 aromatic rings. The fourth-order valence-electron chi connectivity index (χ4n) is 2.35. The molecule has 0 fully saturated rings. The number of amides is 2. The molecule has 2 aromatic carbocycles. The molecule has 0 aliphatic carbocycles. The molecule has 0 aliphatic heterocycles. The van der Waals surface area contributed by atoms with E-state index in [2.05, 4.69) is 0 Å². The third kappa shape index (κ3) is 6.67. The molecule has 1 unspecified atom stereocenters. The summed E-state index contributed by atoms with van der Waals surface area (Å²) in [6.07, 6.45) is 0. The van der Waals surface area contributed by atoms with Gasteiger partial charge < -0.3 is 12.4 Å². The average Bonchev–Trinajstić information content (AvgIpc) is 2.52. The minimum Gasteiger partial charge on any atom is -1.00 e. The summed E-state index contributed by atoms with van der Waals surface area (Å²) in [6, 6.07) is 10.8. The van der Waals surface area contributed by atoms with E-state index >= 15 is 0 Å². The zero-order chi connectivity index (χ0) is 19.6. The van der Waals surface area contributed by atoms with Crippen molar-refractivity contribution < 1.29 is 27.0 Å². The van der Waals surface area contributed by atoms with Gasteiger partial charge in [0.25, 0.3) is 0 Å². The fourth-order valence-corrected chi connectivity index (χ4v) is 3.43. The van der Waals surface area contributed by atoms with Crippen LogP contribution in [-0.2, 0) is 0 Å². The van der Waals surface area contributed by atoms with Gasteiger partial charge in [0.1, 0.15) is 5.54 Å². The molecule has 0 aromatic heterocycles. The third-order valence-corrected chi connectivity index (χ3v) is 4.53. The van der Waals surface area contributed by atoms with Gasteiger partial charge in [0.15, 0.2) is 0 Å². The molecule has 0 saturated carbocycles. The topological polar surface area (TPSA) is 41.8 Å². The van der Waals surface area contributed by atoms with E-state index in [9.17, 15) is 9.59 Å². The van der Waals surface area contributed by atoms with Crippen molar-refractivity contribution in [3.8, 4) is 0 Å². The number of quaternary nitrogens is 1. The van der Waals surface area contributed by atoms with Crippen molar-refractivity contribution in [1.82, 2.24) is 4.53 Å². The molecule has 0 radical (unpaired) electrons. The molecule has 2 amide bonds. The molecule has 1 N–H and O–H groups in total. The number of hydrogen-bond donors (Lipinski definition) is 1. The van der Waals surface area contributed by atoms with Crippen LogP contribution in [0.4, 0.5) is 0 Å². The number of carbonyl (C=O) groups is 2. The Hall–Kier alpha value is -0.720. The van der Waals surface area contributed by atoms with E-state index in [4.69, 9.17) is 46.6 Å². The molecule has 0 heterocycles. The Morgan fingerprint density at radius 1 is 0.857 bits per heavy atom. The number of rotatable bonds is 2. The molecule has 1 atom stereocenters. The van der Waals surface area contributed by atoms with Crippen molar-refractivity contribution in [2.45, 2.75) is 26.3 Å². The van der Waals surface area contributed by atoms with Gasteiger partial charge in [0.05, 0.1) is 17.3 Å². The summed E-state index contributed by atoms with van der Waals surface area (Å²) in [5.74, 6) is -0.964. The lowest BCUT2D eigenvalue weighted by Crippen LogP contribution is -3.25. The summed E-state index contributed by atoms with van der Waals surface area (Å²) in [7, 11) is 0. The summed E-state index contributed by atoms with van der Waals surface area (Å²) < 4.78 is 0.832. The SMILES string of the molecule is CC(C)(C)[NH+](C(=O)c1ccc(Cl)cc1)N(Cl)C(=O)c1cc(Cl)cc(Cl)c1.Cl.[Cl-]. The van der Waals surface area contributed by atoms with E-state index < -0.39 is 11.4 Å². The van der Waals surface area contributed by atoms with Crippen LogP contribution in [0.15, 0.2) is 42.5 Å². The largest absolute Gasteiger partial charge is 1.00 e. The van der Waals surface area contributed by atoms with Gasteiger partial charge in [-0.15, -0.1) is 17.4 Å². The Morgan fingerprint density at radius 2 is 1.32 bits per heavy atom. The number of carbonyl (C=O) groups excluding carboxylic acids is 2. The van der Waals surface area contributed by atoms with Gasteiger partial charge in [-0.2, -0.15) is 0 Å². The van der Waals surface area contributed by atoms with Crippen molar-refractivity contribution in [2.75, 3.05) is 0 Å². The smallest absolute Gasteiger partial charge is 0.370 e. The maximum Gasteiger partial charge on any atom is 0.370 e. The van der Waals surface area contributed by atoms with Crippen molar-refractivity contribution in [2.24, 2.45) is 0 Å². The second-order valence-electron chi connectivity index (χ2n) is 6.68. The van der Waals surface area contributed by atoms with Crippen LogP contribution >= 0.6 is 59.0 Å². The van der Waals surface area contributed by atoms with Gasteiger partial charge >= 0.3 is 11.8 Å². The molecule has 154 valence electrons. The van der Waals surface area contributed by atoms with Crippen LogP contribution in [0.3, 0.4) is 0 Å². The standard InChI is InChI=1S/C18H16Cl4N2O2.2ClH/c1-18(2,3)23(16(25)11-4-6-13(19)7-5-11)24(22)17(26)12-8-14(20)10-15(21)9-12;;/h4-10H,1-3H3;2*1H. The maximum absolute atomic E-state index is 13.0. The minimum atomic E-state index is -0.698. The van der Waals surface area contributed by atoms with Crippen LogP contribution in [0, 0.1) is 0 Å². The first-order chi connectivity index (χ1) is 12.0. The van der Waals surface area contributed by atoms with Crippen LogP contribution in [0.1, 0.15) is 41.5 Å². The zero-order valence-electron chi connectivity index (χ0n) is 15.1. The molecule has 2 rings (SSSR count). The van der Waals surface area contributed by atoms with Gasteiger partial charge in [-0.1, -0.05) is 39.3 Å². The second-order valence-corrected chi connectivity index (χ2v) is 8.33. The third-order valence-electron chi connectivity index (χ3n) is 3.52. The predicted octanol–water partition coefficient (Wildman–Crippen LogP) is 2.11. The second kappa shape index (κ2) is 10.9. The molecule has 28 heavy (non-hydrogen) atoms. The maximum atomic E-state index is 13.0. The minimum absolute atomic E-state index is 0. The summed E-state index contributed by atoms with van der Waals surface area (Å²) in [5.41, 5.74) is -0.138. The first-order valence-electron chi connectivity index (χ1n) is 7.64. The van der Waals surface area contributed by atoms with Gasteiger partial charge in [0, 0.05) is 20.6 Å². The Morgan fingerprint density at radius 3 is 1.75 bits per heavy atom. The average molecular weight is 507 g/mol. The number of hydrogen-bond acceptors (Lipinski definition) is 2. The normalized spacial score (nSPS) is 11.7. The summed E-state index contributed by atoms with van der Waals surface area (Å²) >= 11 is 24.1. The Labute approximate surface area is 196 Å². The van der Waals surface area contributed by atoms with Crippen LogP contribution < -0.4 is 17.4 Å². The number of nitrogens with zero attached hydrogens (tertiary/aromatic N) is 1. The highest BCUT2D eigenvalue weighted by molar-refractivity contribution is 6.35. The fraction of sp³-hybridized carbons (Fsp3) is 0.222. The quantitative estimate of drug-likeness (QED) is 0.501. The van der Waals surface area contributed by atoms with Gasteiger partial charge in [0.2, 0.25) is 0 Å². The lowest BCUT2D eigenvalue weighted by atomic mass is 10.1. The first kappa shape index (κ1) is 27.3. The summed E-state index contributed by atoms with van der Waals surface area (Å²) in [5, 5.41) is 1.23. The van der Waals surface area contributed by atoms with E-state index in [0.29, 0.717) is 20.6 Å². The van der Waals surface area contributed by atoms with E-state index in [1.54, 1.807) is 45.0 Å². The predicted molar refractivity (Wildman–Crippen MR) is 112 cm³/mol. The van der Waals surface area contributed by atoms with Crippen LogP contribution in [0.2, 0.25) is 15.1 Å². The van der Waals surface area contributed by atoms with Crippen LogP contribution in [0.25, 0.3) is 0 Å². The van der Waals surface area contributed by atoms with Crippen LogP contribution in [0.5, 0.6) is 0 Å². The van der Waals surface area contributed by atoms with Crippen molar-refractivity contribution in [3.05, 3.63) is 68.7 Å². The van der Waals surface area contributed by atoms with Crippen molar-refractivity contribution in [1.29, 1.82) is 0 Å².